The van der Waals surface area contributed by atoms with Crippen LogP contribution >= 0.6 is 0 Å². The van der Waals surface area contributed by atoms with Crippen LogP contribution in [0.25, 0.3) is 0 Å². The molecule has 0 radical (unpaired) electrons. The van der Waals surface area contributed by atoms with Gasteiger partial charge in [0.15, 0.2) is 0 Å². The van der Waals surface area contributed by atoms with Crippen LogP contribution in [-0.4, -0.2) is 24.9 Å². The number of nitrogens with zero attached hydrogens (tertiary/aromatic N) is 1. The largest absolute Gasteiger partial charge is 0.498 e. The van der Waals surface area contributed by atoms with Crippen LogP contribution in [0, 0.1) is 0 Å². The Balaban J connectivity index is 5.08. The van der Waals surface area contributed by atoms with Gasteiger partial charge in [0, 0.05) is 12.1 Å². The summed E-state index contributed by atoms with van der Waals surface area (Å²) < 4.78 is 10.4. The van der Waals surface area contributed by atoms with Crippen molar-refractivity contribution in [2.45, 2.75) is 48.0 Å². The summed E-state index contributed by atoms with van der Waals surface area (Å²) in [5.41, 5.74) is 2.08. The molecule has 4 nitrogen and oxygen atoms in total. The van der Waals surface area contributed by atoms with E-state index in [1.165, 1.54) is 0 Å². The van der Waals surface area contributed by atoms with Crippen LogP contribution in [0.3, 0.4) is 0 Å². The smallest absolute Gasteiger partial charge is 0.356 e. The van der Waals surface area contributed by atoms with Gasteiger partial charge in [-0.05, 0) is 46.3 Å². The van der Waals surface area contributed by atoms with E-state index in [1.807, 2.05) is 39.8 Å². The molecule has 4 heteroatoms. The molecule has 0 N–H and O–H groups in total. The highest BCUT2D eigenvalue weighted by atomic mass is 16.5. The number of esters is 1. The molecule has 0 aromatic carbocycles. The van der Waals surface area contributed by atoms with Crippen molar-refractivity contribution in [2.75, 3.05) is 13.2 Å². The van der Waals surface area contributed by atoms with Crippen LogP contribution in [0.5, 0.6) is 0 Å². The summed E-state index contributed by atoms with van der Waals surface area (Å²) >= 11 is 0. The number of hydrogen-bond donors (Lipinski definition) is 0. The zero-order valence-electron chi connectivity index (χ0n) is 14.0. The molecule has 0 aromatic heterocycles. The fourth-order valence-corrected chi connectivity index (χ4v) is 1.49. The summed E-state index contributed by atoms with van der Waals surface area (Å²) in [5.74, 6) is 0.535. The maximum atomic E-state index is 11.7. The van der Waals surface area contributed by atoms with Crippen LogP contribution in [0.1, 0.15) is 48.0 Å². The molecule has 0 bridgehead atoms. The Kier molecular flexibility index (Phi) is 9.94. The molecule has 0 aromatic rings. The third kappa shape index (κ3) is 7.49. The van der Waals surface area contributed by atoms with Crippen LogP contribution in [0.4, 0.5) is 0 Å². The van der Waals surface area contributed by atoms with Gasteiger partial charge in [0.2, 0.25) is 0 Å². The summed E-state index contributed by atoms with van der Waals surface area (Å²) in [6.07, 6.45) is 6.39. The highest BCUT2D eigenvalue weighted by molar-refractivity contribution is 6.01. The summed E-state index contributed by atoms with van der Waals surface area (Å²) in [5, 5.41) is 0. The first kappa shape index (κ1) is 19.2. The lowest BCUT2D eigenvalue weighted by Crippen LogP contribution is -2.08. The zero-order valence-corrected chi connectivity index (χ0v) is 14.0. The van der Waals surface area contributed by atoms with E-state index in [2.05, 4.69) is 4.99 Å². The lowest BCUT2D eigenvalue weighted by Gasteiger charge is -2.06. The van der Waals surface area contributed by atoms with E-state index in [-0.39, 0.29) is 0 Å². The molecule has 0 aliphatic heterocycles. The molecule has 0 unspecified atom stereocenters. The van der Waals surface area contributed by atoms with Crippen molar-refractivity contribution in [3.63, 3.8) is 0 Å². The molecule has 0 saturated heterocycles. The van der Waals surface area contributed by atoms with Gasteiger partial charge in [-0.25, -0.2) is 9.79 Å². The summed E-state index contributed by atoms with van der Waals surface area (Å²) in [6.45, 7) is 12.4. The standard InChI is InChI=1S/C17H27NO3/c1-7-15(20-9-3)12-11-13(5)14(6)18-16(8-2)17(19)21-10-4/h8,11-12H,7,9-10H2,1-6H3/b13-11+,15-12+,16-8-,18-14+. The first-order valence-electron chi connectivity index (χ1n) is 7.39. The third-order valence-electron chi connectivity index (χ3n) is 2.81. The lowest BCUT2D eigenvalue weighted by atomic mass is 10.1. The van der Waals surface area contributed by atoms with Crippen molar-refractivity contribution in [1.29, 1.82) is 0 Å². The number of hydrogen-bond acceptors (Lipinski definition) is 4. The molecule has 118 valence electrons. The van der Waals surface area contributed by atoms with E-state index in [1.54, 1.807) is 19.9 Å². The van der Waals surface area contributed by atoms with Crippen LogP contribution in [0.2, 0.25) is 0 Å². The van der Waals surface area contributed by atoms with Gasteiger partial charge < -0.3 is 9.47 Å². The van der Waals surface area contributed by atoms with Crippen molar-refractivity contribution >= 4 is 11.7 Å². The van der Waals surface area contributed by atoms with E-state index < -0.39 is 5.97 Å². The molecule has 0 rings (SSSR count). The Morgan fingerprint density at radius 2 is 1.67 bits per heavy atom. The monoisotopic (exact) mass is 293 g/mol. The van der Waals surface area contributed by atoms with Gasteiger partial charge in [0.25, 0.3) is 0 Å². The Labute approximate surface area is 128 Å². The SMILES string of the molecule is C\C=C(/N=C(C)/C(C)=C/C=C(\CC)OCC)C(=O)OCC. The normalized spacial score (nSPS) is 14.2. The lowest BCUT2D eigenvalue weighted by molar-refractivity contribution is -0.138. The molecule has 0 spiro atoms. The van der Waals surface area contributed by atoms with E-state index in [0.29, 0.717) is 18.9 Å². The number of allylic oxidation sites excluding steroid dienone is 5. The van der Waals surface area contributed by atoms with Crippen molar-refractivity contribution in [1.82, 2.24) is 0 Å². The third-order valence-corrected chi connectivity index (χ3v) is 2.81. The topological polar surface area (TPSA) is 47.9 Å². The number of ether oxygens (including phenoxy) is 2. The van der Waals surface area contributed by atoms with E-state index in [4.69, 9.17) is 9.47 Å². The molecule has 0 amide bonds. The molecule has 0 aliphatic carbocycles. The predicted octanol–water partition coefficient (Wildman–Crippen LogP) is 4.19. The first-order chi connectivity index (χ1) is 9.99. The Morgan fingerprint density at radius 1 is 1.05 bits per heavy atom. The van der Waals surface area contributed by atoms with Gasteiger partial charge in [-0.15, -0.1) is 0 Å². The summed E-state index contributed by atoms with van der Waals surface area (Å²) in [7, 11) is 0. The average molecular weight is 293 g/mol. The predicted molar refractivity (Wildman–Crippen MR) is 87.3 cm³/mol. The molecular weight excluding hydrogens is 266 g/mol. The molecular formula is C17H27NO3. The number of rotatable bonds is 8. The molecule has 21 heavy (non-hydrogen) atoms. The van der Waals surface area contributed by atoms with Crippen LogP contribution < -0.4 is 0 Å². The fraction of sp³-hybridized carbons (Fsp3) is 0.529. The van der Waals surface area contributed by atoms with Gasteiger partial charge in [0.1, 0.15) is 5.70 Å². The molecule has 0 fully saturated rings. The highest BCUT2D eigenvalue weighted by Crippen LogP contribution is 2.08. The maximum Gasteiger partial charge on any atom is 0.356 e. The Hall–Kier alpha value is -1.84. The highest BCUT2D eigenvalue weighted by Gasteiger charge is 2.08. The van der Waals surface area contributed by atoms with E-state index in [0.717, 1.165) is 23.5 Å². The van der Waals surface area contributed by atoms with Gasteiger partial charge in [-0.1, -0.05) is 19.1 Å². The molecule has 0 saturated carbocycles. The van der Waals surface area contributed by atoms with E-state index >= 15 is 0 Å². The van der Waals surface area contributed by atoms with Crippen molar-refractivity contribution in [2.24, 2.45) is 4.99 Å². The fourth-order valence-electron chi connectivity index (χ4n) is 1.49. The Bertz CT molecular complexity index is 457. The average Bonchev–Trinajstić information content (AvgIpc) is 2.48. The van der Waals surface area contributed by atoms with Crippen LogP contribution in [-0.2, 0) is 14.3 Å². The number of carbonyl (C=O) groups is 1. The van der Waals surface area contributed by atoms with Crippen molar-refractivity contribution in [3.05, 3.63) is 35.3 Å². The zero-order chi connectivity index (χ0) is 16.3. The van der Waals surface area contributed by atoms with Gasteiger partial charge in [-0.3, -0.25) is 0 Å². The number of carbonyl (C=O) groups excluding carboxylic acids is 1. The van der Waals surface area contributed by atoms with Crippen molar-refractivity contribution in [3.8, 4) is 0 Å². The second-order valence-corrected chi connectivity index (χ2v) is 4.36. The second kappa shape index (κ2) is 10.9. The second-order valence-electron chi connectivity index (χ2n) is 4.36. The quantitative estimate of drug-likeness (QED) is 0.222. The molecule has 0 aliphatic rings. The molecule has 0 atom stereocenters. The van der Waals surface area contributed by atoms with E-state index in [9.17, 15) is 4.79 Å². The molecule has 0 heterocycles. The van der Waals surface area contributed by atoms with Crippen LogP contribution in [0.15, 0.2) is 40.2 Å². The van der Waals surface area contributed by atoms with Gasteiger partial charge in [0.05, 0.1) is 19.0 Å². The minimum atomic E-state index is -0.397. The van der Waals surface area contributed by atoms with Gasteiger partial charge in [-0.2, -0.15) is 0 Å². The number of aliphatic imine (C=N–C) groups is 1. The van der Waals surface area contributed by atoms with Crippen molar-refractivity contribution < 1.29 is 14.3 Å². The minimum absolute atomic E-state index is 0.326. The Morgan fingerprint density at radius 3 is 2.14 bits per heavy atom. The van der Waals surface area contributed by atoms with Gasteiger partial charge >= 0.3 is 5.97 Å². The summed E-state index contributed by atoms with van der Waals surface area (Å²) in [6, 6.07) is 0. The summed E-state index contributed by atoms with van der Waals surface area (Å²) in [4.78, 5) is 16.0. The first-order valence-corrected chi connectivity index (χ1v) is 7.39. The minimum Gasteiger partial charge on any atom is -0.498 e. The maximum absolute atomic E-state index is 11.7.